The molecule has 1 heterocycles. The molecule has 0 radical (unpaired) electrons. The molecule has 23 heavy (non-hydrogen) atoms. The molecule has 4 nitrogen and oxygen atoms in total. The molecule has 0 N–H and O–H groups in total. The standard InChI is InChI=1S/C18H21NO3S/c1-4-22-17-9-10-18(14(3)13(17)2)23(20,21)19-12-11-15-7-5-6-8-16(15)19/h5-10H,4,11-12H2,1-3H3. The van der Waals surface area contributed by atoms with Crippen LogP contribution < -0.4 is 9.04 Å². The van der Waals surface area contributed by atoms with Crippen LogP contribution in [0.25, 0.3) is 0 Å². The van der Waals surface area contributed by atoms with E-state index >= 15 is 0 Å². The van der Waals surface area contributed by atoms with Crippen molar-refractivity contribution in [2.75, 3.05) is 17.5 Å². The fourth-order valence-corrected chi connectivity index (χ4v) is 4.82. The molecule has 0 bridgehead atoms. The highest BCUT2D eigenvalue weighted by Gasteiger charge is 2.32. The Labute approximate surface area is 137 Å². The molecule has 5 heteroatoms. The molecular weight excluding hydrogens is 310 g/mol. The van der Waals surface area contributed by atoms with E-state index in [1.807, 2.05) is 45.0 Å². The maximum atomic E-state index is 13.1. The van der Waals surface area contributed by atoms with Gasteiger partial charge in [0.1, 0.15) is 5.75 Å². The maximum Gasteiger partial charge on any atom is 0.264 e. The molecule has 122 valence electrons. The molecular formula is C18H21NO3S. The van der Waals surface area contributed by atoms with E-state index in [9.17, 15) is 8.42 Å². The van der Waals surface area contributed by atoms with Crippen LogP contribution in [0.15, 0.2) is 41.3 Å². The van der Waals surface area contributed by atoms with Gasteiger partial charge in [0.15, 0.2) is 0 Å². The van der Waals surface area contributed by atoms with Gasteiger partial charge in [-0.05, 0) is 62.1 Å². The summed E-state index contributed by atoms with van der Waals surface area (Å²) in [6.45, 7) is 6.71. The molecule has 0 aromatic heterocycles. The lowest BCUT2D eigenvalue weighted by molar-refractivity contribution is 0.337. The van der Waals surface area contributed by atoms with E-state index in [1.165, 1.54) is 4.31 Å². The monoisotopic (exact) mass is 331 g/mol. The highest BCUT2D eigenvalue weighted by molar-refractivity contribution is 7.93. The number of fused-ring (bicyclic) bond motifs is 1. The van der Waals surface area contributed by atoms with E-state index in [1.54, 1.807) is 12.1 Å². The predicted octanol–water partition coefficient (Wildman–Crippen LogP) is 3.45. The molecule has 0 atom stereocenters. The Morgan fingerprint density at radius 2 is 1.83 bits per heavy atom. The summed E-state index contributed by atoms with van der Waals surface area (Å²) in [4.78, 5) is 0.357. The van der Waals surface area contributed by atoms with Gasteiger partial charge in [0.25, 0.3) is 10.0 Å². The minimum atomic E-state index is -3.56. The summed E-state index contributed by atoms with van der Waals surface area (Å²) in [5, 5.41) is 0. The maximum absolute atomic E-state index is 13.1. The number of ether oxygens (including phenoxy) is 1. The number of benzene rings is 2. The number of hydrogen-bond donors (Lipinski definition) is 0. The molecule has 0 aliphatic carbocycles. The second-order valence-electron chi connectivity index (χ2n) is 5.70. The third kappa shape index (κ3) is 2.59. The number of para-hydroxylation sites is 1. The van der Waals surface area contributed by atoms with Gasteiger partial charge >= 0.3 is 0 Å². The number of rotatable bonds is 4. The van der Waals surface area contributed by atoms with Gasteiger partial charge in [-0.2, -0.15) is 0 Å². The Morgan fingerprint density at radius 3 is 2.57 bits per heavy atom. The fourth-order valence-electron chi connectivity index (χ4n) is 3.04. The van der Waals surface area contributed by atoms with Crippen LogP contribution in [0.1, 0.15) is 23.6 Å². The van der Waals surface area contributed by atoms with Gasteiger partial charge in [0, 0.05) is 6.54 Å². The van der Waals surface area contributed by atoms with Crippen LogP contribution in [-0.2, 0) is 16.4 Å². The average Bonchev–Trinajstić information content (AvgIpc) is 2.96. The molecule has 0 unspecified atom stereocenters. The van der Waals surface area contributed by atoms with Crippen LogP contribution in [0, 0.1) is 13.8 Å². The van der Waals surface area contributed by atoms with Gasteiger partial charge in [-0.3, -0.25) is 4.31 Å². The van der Waals surface area contributed by atoms with Crippen LogP contribution in [-0.4, -0.2) is 21.6 Å². The van der Waals surface area contributed by atoms with E-state index in [0.717, 1.165) is 34.5 Å². The van der Waals surface area contributed by atoms with Crippen molar-refractivity contribution in [2.24, 2.45) is 0 Å². The molecule has 2 aromatic carbocycles. The first-order valence-electron chi connectivity index (χ1n) is 7.80. The van der Waals surface area contributed by atoms with Gasteiger partial charge in [-0.1, -0.05) is 18.2 Å². The van der Waals surface area contributed by atoms with Gasteiger partial charge < -0.3 is 4.74 Å². The van der Waals surface area contributed by atoms with E-state index in [2.05, 4.69) is 0 Å². The van der Waals surface area contributed by atoms with Crippen LogP contribution in [0.5, 0.6) is 5.75 Å². The SMILES string of the molecule is CCOc1ccc(S(=O)(=O)N2CCc3ccccc32)c(C)c1C. The third-order valence-corrected chi connectivity index (χ3v) is 6.36. The van der Waals surface area contributed by atoms with Crippen molar-refractivity contribution in [3.63, 3.8) is 0 Å². The summed E-state index contributed by atoms with van der Waals surface area (Å²) < 4.78 is 33.3. The highest BCUT2D eigenvalue weighted by atomic mass is 32.2. The van der Waals surface area contributed by atoms with E-state index < -0.39 is 10.0 Å². The van der Waals surface area contributed by atoms with Crippen molar-refractivity contribution >= 4 is 15.7 Å². The average molecular weight is 331 g/mol. The first-order valence-corrected chi connectivity index (χ1v) is 9.24. The summed E-state index contributed by atoms with van der Waals surface area (Å²) in [5.41, 5.74) is 3.50. The lowest BCUT2D eigenvalue weighted by atomic mass is 10.1. The fraction of sp³-hybridized carbons (Fsp3) is 0.333. The topological polar surface area (TPSA) is 46.6 Å². The zero-order valence-electron chi connectivity index (χ0n) is 13.7. The normalized spacial score (nSPS) is 14.0. The molecule has 0 fully saturated rings. The third-order valence-electron chi connectivity index (χ3n) is 4.40. The predicted molar refractivity (Wildman–Crippen MR) is 91.8 cm³/mol. The number of anilines is 1. The Kier molecular flexibility index (Phi) is 4.06. The molecule has 0 spiro atoms. The Bertz CT molecular complexity index is 843. The minimum absolute atomic E-state index is 0.357. The summed E-state index contributed by atoms with van der Waals surface area (Å²) >= 11 is 0. The van der Waals surface area contributed by atoms with Gasteiger partial charge in [0.2, 0.25) is 0 Å². The Balaban J connectivity index is 2.07. The van der Waals surface area contributed by atoms with Gasteiger partial charge in [-0.15, -0.1) is 0 Å². The van der Waals surface area contributed by atoms with Crippen molar-refractivity contribution in [3.05, 3.63) is 53.1 Å². The molecule has 0 saturated heterocycles. The minimum Gasteiger partial charge on any atom is -0.494 e. The van der Waals surface area contributed by atoms with Crippen LogP contribution in [0.2, 0.25) is 0 Å². The first kappa shape index (κ1) is 15.9. The molecule has 0 amide bonds. The van der Waals surface area contributed by atoms with Crippen molar-refractivity contribution in [2.45, 2.75) is 32.1 Å². The molecule has 2 aromatic rings. The van der Waals surface area contributed by atoms with Crippen LogP contribution >= 0.6 is 0 Å². The molecule has 0 saturated carbocycles. The van der Waals surface area contributed by atoms with E-state index in [4.69, 9.17) is 4.74 Å². The largest absolute Gasteiger partial charge is 0.494 e. The molecule has 1 aliphatic heterocycles. The Morgan fingerprint density at radius 1 is 1.09 bits per heavy atom. The second-order valence-corrected chi connectivity index (χ2v) is 7.53. The first-order chi connectivity index (χ1) is 11.0. The molecule has 1 aliphatic rings. The van der Waals surface area contributed by atoms with E-state index in [-0.39, 0.29) is 0 Å². The Hall–Kier alpha value is -2.01. The molecule has 3 rings (SSSR count). The zero-order chi connectivity index (χ0) is 16.6. The summed E-state index contributed by atoms with van der Waals surface area (Å²) in [7, 11) is -3.56. The summed E-state index contributed by atoms with van der Waals surface area (Å²) in [6, 6.07) is 11.1. The number of hydrogen-bond acceptors (Lipinski definition) is 3. The van der Waals surface area contributed by atoms with E-state index in [0.29, 0.717) is 18.0 Å². The lowest BCUT2D eigenvalue weighted by Gasteiger charge is -2.22. The van der Waals surface area contributed by atoms with Gasteiger partial charge in [-0.25, -0.2) is 8.42 Å². The second kappa shape index (κ2) is 5.89. The zero-order valence-corrected chi connectivity index (χ0v) is 14.5. The number of sulfonamides is 1. The van der Waals surface area contributed by atoms with Gasteiger partial charge in [0.05, 0.1) is 17.2 Å². The summed E-state index contributed by atoms with van der Waals surface area (Å²) in [6.07, 6.45) is 0.754. The summed E-state index contributed by atoms with van der Waals surface area (Å²) in [5.74, 6) is 0.741. The lowest BCUT2D eigenvalue weighted by Crippen LogP contribution is -2.29. The number of nitrogens with zero attached hydrogens (tertiary/aromatic N) is 1. The van der Waals surface area contributed by atoms with Crippen molar-refractivity contribution in [3.8, 4) is 5.75 Å². The van der Waals surface area contributed by atoms with Crippen molar-refractivity contribution in [1.29, 1.82) is 0 Å². The van der Waals surface area contributed by atoms with Crippen molar-refractivity contribution in [1.82, 2.24) is 0 Å². The van der Waals surface area contributed by atoms with Crippen LogP contribution in [0.4, 0.5) is 5.69 Å². The smallest absolute Gasteiger partial charge is 0.264 e. The van der Waals surface area contributed by atoms with Crippen molar-refractivity contribution < 1.29 is 13.2 Å². The highest BCUT2D eigenvalue weighted by Crippen LogP contribution is 2.35. The quantitative estimate of drug-likeness (QED) is 0.862. The van der Waals surface area contributed by atoms with Crippen LogP contribution in [0.3, 0.4) is 0 Å².